The standard InChI is InChI=1S/C23H31N5O4S/c1-4-26(5-2)21(30)16-32-19-13-27(12-11-18-9-7-6-8-10-18)20(29)15-28(14-19)23(31)22-17(3)24-25-33-22/h6-10,19H,4-5,11-16H2,1-3H3. The Balaban J connectivity index is 1.74. The molecule has 3 rings (SSSR count). The van der Waals surface area contributed by atoms with Gasteiger partial charge in [0.2, 0.25) is 11.8 Å². The fourth-order valence-electron chi connectivity index (χ4n) is 3.79. The molecule has 3 amide bonds. The molecule has 0 radical (unpaired) electrons. The van der Waals surface area contributed by atoms with Crippen molar-refractivity contribution in [1.29, 1.82) is 0 Å². The maximum Gasteiger partial charge on any atom is 0.268 e. The van der Waals surface area contributed by atoms with E-state index in [2.05, 4.69) is 9.59 Å². The van der Waals surface area contributed by atoms with Crippen LogP contribution in [0.25, 0.3) is 0 Å². The number of aromatic nitrogens is 2. The third kappa shape index (κ3) is 6.58. The molecule has 2 heterocycles. The highest BCUT2D eigenvalue weighted by Crippen LogP contribution is 2.17. The number of likely N-dealkylation sites (N-methyl/N-ethyl adjacent to an activating group) is 1. The van der Waals surface area contributed by atoms with Crippen LogP contribution in [0.3, 0.4) is 0 Å². The van der Waals surface area contributed by atoms with Gasteiger partial charge in [-0.05, 0) is 44.3 Å². The SMILES string of the molecule is CCN(CC)C(=O)COC1CN(CCc2ccccc2)C(=O)CN(C(=O)c2snnc2C)C1. The van der Waals surface area contributed by atoms with Gasteiger partial charge in [-0.1, -0.05) is 34.8 Å². The second-order valence-corrected chi connectivity index (χ2v) is 8.70. The Labute approximate surface area is 198 Å². The van der Waals surface area contributed by atoms with E-state index >= 15 is 0 Å². The van der Waals surface area contributed by atoms with Gasteiger partial charge in [0.05, 0.1) is 11.8 Å². The van der Waals surface area contributed by atoms with Gasteiger partial charge in [0.1, 0.15) is 18.0 Å². The number of carbonyl (C=O) groups excluding carboxylic acids is 3. The minimum atomic E-state index is -0.475. The van der Waals surface area contributed by atoms with Crippen LogP contribution in [0.15, 0.2) is 30.3 Å². The van der Waals surface area contributed by atoms with Crippen LogP contribution in [0.4, 0.5) is 0 Å². The monoisotopic (exact) mass is 473 g/mol. The van der Waals surface area contributed by atoms with Crippen LogP contribution >= 0.6 is 11.5 Å². The lowest BCUT2D eigenvalue weighted by Crippen LogP contribution is -2.41. The van der Waals surface area contributed by atoms with Gasteiger partial charge in [0, 0.05) is 32.7 Å². The molecule has 1 aromatic heterocycles. The average molecular weight is 474 g/mol. The summed E-state index contributed by atoms with van der Waals surface area (Å²) < 4.78 is 9.80. The van der Waals surface area contributed by atoms with E-state index in [0.717, 1.165) is 17.1 Å². The first-order chi connectivity index (χ1) is 15.9. The molecule has 1 atom stereocenters. The Bertz CT molecular complexity index is 947. The summed E-state index contributed by atoms with van der Waals surface area (Å²) in [7, 11) is 0. The molecule has 1 unspecified atom stereocenters. The summed E-state index contributed by atoms with van der Waals surface area (Å²) in [6.45, 7) is 7.68. The highest BCUT2D eigenvalue weighted by molar-refractivity contribution is 7.07. The van der Waals surface area contributed by atoms with E-state index in [9.17, 15) is 14.4 Å². The van der Waals surface area contributed by atoms with Crippen molar-refractivity contribution >= 4 is 29.3 Å². The number of amides is 3. The van der Waals surface area contributed by atoms with Crippen LogP contribution in [0.2, 0.25) is 0 Å². The zero-order valence-corrected chi connectivity index (χ0v) is 20.2. The Morgan fingerprint density at radius 1 is 1.18 bits per heavy atom. The summed E-state index contributed by atoms with van der Waals surface area (Å²) in [5, 5.41) is 3.91. The van der Waals surface area contributed by atoms with Crippen LogP contribution in [-0.2, 0) is 20.7 Å². The minimum absolute atomic E-state index is 0.0468. The quantitative estimate of drug-likeness (QED) is 0.549. The van der Waals surface area contributed by atoms with E-state index in [1.807, 2.05) is 44.2 Å². The maximum absolute atomic E-state index is 13.1. The molecule has 1 aliphatic rings. The maximum atomic E-state index is 13.1. The van der Waals surface area contributed by atoms with Crippen molar-refractivity contribution in [3.63, 3.8) is 0 Å². The van der Waals surface area contributed by atoms with E-state index in [1.165, 1.54) is 4.90 Å². The second kappa shape index (κ2) is 11.9. The van der Waals surface area contributed by atoms with Crippen LogP contribution in [0, 0.1) is 6.92 Å². The van der Waals surface area contributed by atoms with Crippen molar-refractivity contribution in [1.82, 2.24) is 24.3 Å². The number of aryl methyl sites for hydroxylation is 1. The van der Waals surface area contributed by atoms with Gasteiger partial charge in [0.25, 0.3) is 5.91 Å². The normalized spacial score (nSPS) is 16.6. The van der Waals surface area contributed by atoms with E-state index < -0.39 is 6.10 Å². The highest BCUT2D eigenvalue weighted by atomic mass is 32.1. The fourth-order valence-corrected chi connectivity index (χ4v) is 4.42. The molecule has 178 valence electrons. The molecular formula is C23H31N5O4S. The number of nitrogens with zero attached hydrogens (tertiary/aromatic N) is 5. The Morgan fingerprint density at radius 2 is 1.91 bits per heavy atom. The number of carbonyl (C=O) groups is 3. The lowest BCUT2D eigenvalue weighted by atomic mass is 10.1. The van der Waals surface area contributed by atoms with Crippen LogP contribution in [-0.4, -0.2) is 94.0 Å². The Morgan fingerprint density at radius 3 is 2.55 bits per heavy atom. The van der Waals surface area contributed by atoms with Gasteiger partial charge in [-0.2, -0.15) is 0 Å². The summed E-state index contributed by atoms with van der Waals surface area (Å²) in [6.07, 6.45) is 0.223. The summed E-state index contributed by atoms with van der Waals surface area (Å²) in [5.74, 6) is -0.535. The predicted octanol–water partition coefficient (Wildman–Crippen LogP) is 1.63. The fraction of sp³-hybridized carbons (Fsp3) is 0.522. The molecule has 0 spiro atoms. The molecule has 0 N–H and O–H groups in total. The van der Waals surface area contributed by atoms with Crippen molar-refractivity contribution in [3.05, 3.63) is 46.5 Å². The van der Waals surface area contributed by atoms with Crippen molar-refractivity contribution in [2.45, 2.75) is 33.3 Å². The lowest BCUT2D eigenvalue weighted by Gasteiger charge is -2.26. The van der Waals surface area contributed by atoms with Gasteiger partial charge in [0.15, 0.2) is 0 Å². The third-order valence-corrected chi connectivity index (χ3v) is 6.55. The summed E-state index contributed by atoms with van der Waals surface area (Å²) in [5.41, 5.74) is 1.67. The summed E-state index contributed by atoms with van der Waals surface area (Å²) in [4.78, 5) is 44.0. The number of hydrogen-bond donors (Lipinski definition) is 0. The van der Waals surface area contributed by atoms with Gasteiger partial charge in [-0.25, -0.2) is 0 Å². The van der Waals surface area contributed by atoms with Crippen LogP contribution < -0.4 is 0 Å². The van der Waals surface area contributed by atoms with Gasteiger partial charge in [-0.3, -0.25) is 14.4 Å². The number of ether oxygens (including phenoxy) is 1. The molecule has 2 aromatic rings. The Hall–Kier alpha value is -2.85. The van der Waals surface area contributed by atoms with E-state index in [4.69, 9.17) is 4.74 Å². The average Bonchev–Trinajstić information content (AvgIpc) is 3.18. The van der Waals surface area contributed by atoms with Crippen molar-refractivity contribution in [2.75, 3.05) is 45.9 Å². The molecule has 10 heteroatoms. The molecule has 0 bridgehead atoms. The van der Waals surface area contributed by atoms with E-state index in [1.54, 1.807) is 16.7 Å². The smallest absolute Gasteiger partial charge is 0.268 e. The van der Waals surface area contributed by atoms with Crippen molar-refractivity contribution < 1.29 is 19.1 Å². The molecule has 1 saturated heterocycles. The summed E-state index contributed by atoms with van der Waals surface area (Å²) >= 11 is 1.02. The molecule has 1 aromatic carbocycles. The topological polar surface area (TPSA) is 95.9 Å². The van der Waals surface area contributed by atoms with Crippen LogP contribution in [0.1, 0.15) is 34.8 Å². The second-order valence-electron chi connectivity index (χ2n) is 7.95. The zero-order valence-electron chi connectivity index (χ0n) is 19.4. The van der Waals surface area contributed by atoms with Crippen LogP contribution in [0.5, 0.6) is 0 Å². The molecule has 33 heavy (non-hydrogen) atoms. The largest absolute Gasteiger partial charge is 0.365 e. The minimum Gasteiger partial charge on any atom is -0.365 e. The predicted molar refractivity (Wildman–Crippen MR) is 125 cm³/mol. The highest BCUT2D eigenvalue weighted by Gasteiger charge is 2.33. The summed E-state index contributed by atoms with van der Waals surface area (Å²) in [6, 6.07) is 9.94. The number of benzene rings is 1. The molecule has 1 aliphatic heterocycles. The zero-order chi connectivity index (χ0) is 23.8. The molecule has 9 nitrogen and oxygen atoms in total. The first-order valence-electron chi connectivity index (χ1n) is 11.2. The van der Waals surface area contributed by atoms with E-state index in [-0.39, 0.29) is 37.4 Å². The first-order valence-corrected chi connectivity index (χ1v) is 12.0. The first kappa shape index (κ1) is 24.8. The number of rotatable bonds is 9. The number of hydrogen-bond acceptors (Lipinski definition) is 7. The lowest BCUT2D eigenvalue weighted by molar-refractivity contribution is -0.138. The Kier molecular flexibility index (Phi) is 8.90. The molecule has 0 saturated carbocycles. The van der Waals surface area contributed by atoms with Gasteiger partial charge in [-0.15, -0.1) is 5.10 Å². The van der Waals surface area contributed by atoms with Crippen molar-refractivity contribution in [3.8, 4) is 0 Å². The molecular weight excluding hydrogens is 442 g/mol. The van der Waals surface area contributed by atoms with Crippen molar-refractivity contribution in [2.24, 2.45) is 0 Å². The molecule has 0 aliphatic carbocycles. The van der Waals surface area contributed by atoms with Gasteiger partial charge < -0.3 is 19.4 Å². The molecule has 1 fully saturated rings. The van der Waals surface area contributed by atoms with Gasteiger partial charge >= 0.3 is 0 Å². The third-order valence-electron chi connectivity index (χ3n) is 5.73. The van der Waals surface area contributed by atoms with E-state index in [0.29, 0.717) is 43.2 Å².